The van der Waals surface area contributed by atoms with Crippen LogP contribution in [0.3, 0.4) is 0 Å². The third-order valence-corrected chi connectivity index (χ3v) is 6.63. The molecule has 0 aromatic heterocycles. The molecular weight excluding hydrogens is 485 g/mol. The molecule has 0 spiro atoms. The van der Waals surface area contributed by atoms with E-state index in [1.165, 1.54) is 12.1 Å². The van der Waals surface area contributed by atoms with Crippen LogP contribution in [0.5, 0.6) is 5.75 Å². The van der Waals surface area contributed by atoms with Crippen molar-refractivity contribution >= 4 is 12.1 Å². The number of carbonyl (C=O) groups is 2. The molecule has 38 heavy (non-hydrogen) atoms. The highest BCUT2D eigenvalue weighted by Gasteiger charge is 2.30. The van der Waals surface area contributed by atoms with E-state index in [1.807, 2.05) is 78.9 Å². The van der Waals surface area contributed by atoms with Crippen molar-refractivity contribution in [2.75, 3.05) is 6.61 Å². The van der Waals surface area contributed by atoms with Gasteiger partial charge in [0.1, 0.15) is 30.8 Å². The molecule has 6 nitrogen and oxygen atoms in total. The second-order valence-corrected chi connectivity index (χ2v) is 9.09. The molecule has 1 aliphatic rings. The van der Waals surface area contributed by atoms with Crippen LogP contribution >= 0.6 is 0 Å². The molecule has 2 N–H and O–H groups in total. The zero-order valence-electron chi connectivity index (χ0n) is 20.5. The average Bonchev–Trinajstić information content (AvgIpc) is 3.25. The van der Waals surface area contributed by atoms with Gasteiger partial charge in [-0.05, 0) is 39.4 Å². The predicted molar refractivity (Wildman–Crippen MR) is 141 cm³/mol. The summed E-state index contributed by atoms with van der Waals surface area (Å²) in [6.07, 6.45) is -1.12. The summed E-state index contributed by atoms with van der Waals surface area (Å²) in [4.78, 5) is 24.4. The second kappa shape index (κ2) is 11.2. The number of amides is 1. The Morgan fingerprint density at radius 1 is 0.868 bits per heavy atom. The summed E-state index contributed by atoms with van der Waals surface area (Å²) in [5, 5.41) is 12.0. The lowest BCUT2D eigenvalue weighted by Crippen LogP contribution is -2.43. The van der Waals surface area contributed by atoms with Gasteiger partial charge in [-0.15, -0.1) is 0 Å². The first-order valence-corrected chi connectivity index (χ1v) is 12.3. The van der Waals surface area contributed by atoms with E-state index in [9.17, 15) is 19.1 Å². The first kappa shape index (κ1) is 25.0. The topological polar surface area (TPSA) is 84.9 Å². The molecule has 0 saturated carbocycles. The van der Waals surface area contributed by atoms with Crippen LogP contribution < -0.4 is 10.1 Å². The molecule has 192 valence electrons. The Morgan fingerprint density at radius 3 is 2.13 bits per heavy atom. The minimum atomic E-state index is -1.36. The molecule has 0 saturated heterocycles. The Kier molecular flexibility index (Phi) is 7.35. The van der Waals surface area contributed by atoms with E-state index < -0.39 is 23.9 Å². The summed E-state index contributed by atoms with van der Waals surface area (Å²) < 4.78 is 25.8. The second-order valence-electron chi connectivity index (χ2n) is 9.09. The van der Waals surface area contributed by atoms with E-state index >= 15 is 0 Å². The number of halogens is 1. The zero-order chi connectivity index (χ0) is 26.5. The van der Waals surface area contributed by atoms with Gasteiger partial charge < -0.3 is 19.9 Å². The van der Waals surface area contributed by atoms with E-state index in [1.54, 1.807) is 6.07 Å². The lowest BCUT2D eigenvalue weighted by Gasteiger charge is -2.18. The SMILES string of the molecule is O=C(N[C@@H](Cc1ccc(OCc2ccccc2)cc1F)C(=O)O)OCC1c2ccccc2-c2ccccc21. The first-order chi connectivity index (χ1) is 18.5. The minimum Gasteiger partial charge on any atom is -0.489 e. The number of hydrogen-bond acceptors (Lipinski definition) is 4. The Hall–Kier alpha value is -4.65. The van der Waals surface area contributed by atoms with Crippen LogP contribution in [0, 0.1) is 5.82 Å². The van der Waals surface area contributed by atoms with Crippen LogP contribution in [-0.2, 0) is 22.6 Å². The van der Waals surface area contributed by atoms with Crippen molar-refractivity contribution in [2.24, 2.45) is 0 Å². The molecule has 1 atom stereocenters. The maximum Gasteiger partial charge on any atom is 0.407 e. The lowest BCUT2D eigenvalue weighted by atomic mass is 9.98. The van der Waals surface area contributed by atoms with Crippen LogP contribution in [0.25, 0.3) is 11.1 Å². The maximum atomic E-state index is 14.8. The van der Waals surface area contributed by atoms with Gasteiger partial charge in [-0.3, -0.25) is 0 Å². The molecule has 5 rings (SSSR count). The third-order valence-electron chi connectivity index (χ3n) is 6.63. The highest BCUT2D eigenvalue weighted by Crippen LogP contribution is 2.44. The summed E-state index contributed by atoms with van der Waals surface area (Å²) in [6.45, 7) is 0.328. The van der Waals surface area contributed by atoms with Crippen molar-refractivity contribution in [2.45, 2.75) is 25.0 Å². The van der Waals surface area contributed by atoms with E-state index in [4.69, 9.17) is 9.47 Å². The monoisotopic (exact) mass is 511 g/mol. The number of hydrogen-bond donors (Lipinski definition) is 2. The van der Waals surface area contributed by atoms with Crippen molar-refractivity contribution in [3.8, 4) is 16.9 Å². The minimum absolute atomic E-state index is 0.0496. The fourth-order valence-corrected chi connectivity index (χ4v) is 4.73. The van der Waals surface area contributed by atoms with Crippen molar-refractivity contribution < 1.29 is 28.6 Å². The van der Waals surface area contributed by atoms with Crippen LogP contribution in [0.4, 0.5) is 9.18 Å². The largest absolute Gasteiger partial charge is 0.489 e. The summed E-state index contributed by atoms with van der Waals surface area (Å²) in [5.74, 6) is -1.73. The molecule has 0 unspecified atom stereocenters. The van der Waals surface area contributed by atoms with Gasteiger partial charge in [0.15, 0.2) is 0 Å². The fourth-order valence-electron chi connectivity index (χ4n) is 4.73. The molecule has 1 aliphatic carbocycles. The molecule has 0 fully saturated rings. The van der Waals surface area contributed by atoms with Gasteiger partial charge in [-0.1, -0.05) is 84.9 Å². The average molecular weight is 512 g/mol. The summed E-state index contributed by atoms with van der Waals surface area (Å²) in [5.41, 5.74) is 5.36. The predicted octanol–water partition coefficient (Wildman–Crippen LogP) is 5.94. The van der Waals surface area contributed by atoms with Gasteiger partial charge in [0.05, 0.1) is 0 Å². The van der Waals surface area contributed by atoms with E-state index in [0.717, 1.165) is 27.8 Å². The number of aliphatic carboxylic acids is 1. The number of fused-ring (bicyclic) bond motifs is 3. The van der Waals surface area contributed by atoms with E-state index in [-0.39, 0.29) is 31.1 Å². The first-order valence-electron chi connectivity index (χ1n) is 12.3. The Bertz CT molecular complexity index is 1410. The lowest BCUT2D eigenvalue weighted by molar-refractivity contribution is -0.139. The Labute approximate surface area is 219 Å². The van der Waals surface area contributed by atoms with Crippen molar-refractivity contribution in [1.29, 1.82) is 0 Å². The van der Waals surface area contributed by atoms with Crippen LogP contribution in [-0.4, -0.2) is 29.8 Å². The normalized spacial score (nSPS) is 12.8. The number of ether oxygens (including phenoxy) is 2. The number of benzene rings is 4. The number of carboxylic acids is 1. The molecule has 4 aromatic carbocycles. The Morgan fingerprint density at radius 2 is 1.50 bits per heavy atom. The Balaban J connectivity index is 1.20. The third kappa shape index (κ3) is 5.52. The van der Waals surface area contributed by atoms with Gasteiger partial charge in [0.2, 0.25) is 0 Å². The number of nitrogens with one attached hydrogen (secondary N) is 1. The van der Waals surface area contributed by atoms with Crippen LogP contribution in [0.1, 0.15) is 28.2 Å². The maximum absolute atomic E-state index is 14.8. The van der Waals surface area contributed by atoms with Gasteiger partial charge in [-0.2, -0.15) is 0 Å². The molecule has 1 amide bonds. The molecule has 7 heteroatoms. The van der Waals surface area contributed by atoms with Gasteiger partial charge in [0.25, 0.3) is 0 Å². The standard InChI is InChI=1S/C31H26FNO5/c32-28-17-22(37-18-20-8-2-1-3-9-20)15-14-21(28)16-29(30(34)35)33-31(36)38-19-27-25-12-6-4-10-23(25)24-11-5-7-13-26(24)27/h1-15,17,27,29H,16,18-19H2,(H,33,36)(H,34,35)/t29-/m0/s1. The molecule has 4 aromatic rings. The quantitative estimate of drug-likeness (QED) is 0.291. The van der Waals surface area contributed by atoms with Gasteiger partial charge in [-0.25, -0.2) is 14.0 Å². The van der Waals surface area contributed by atoms with Crippen LogP contribution in [0.15, 0.2) is 97.1 Å². The van der Waals surface area contributed by atoms with Crippen molar-refractivity contribution in [1.82, 2.24) is 5.32 Å². The highest BCUT2D eigenvalue weighted by molar-refractivity contribution is 5.81. The summed E-state index contributed by atoms with van der Waals surface area (Å²) in [7, 11) is 0. The van der Waals surface area contributed by atoms with E-state index in [2.05, 4.69) is 5.32 Å². The van der Waals surface area contributed by atoms with Crippen LogP contribution in [0.2, 0.25) is 0 Å². The highest BCUT2D eigenvalue weighted by atomic mass is 19.1. The van der Waals surface area contributed by atoms with E-state index in [0.29, 0.717) is 5.75 Å². The number of carboxylic acid groups (broad SMARTS) is 1. The van der Waals surface area contributed by atoms with Crippen molar-refractivity contribution in [3.05, 3.63) is 125 Å². The number of carbonyl (C=O) groups excluding carboxylic acids is 1. The molecule has 0 bridgehead atoms. The van der Waals surface area contributed by atoms with Gasteiger partial charge >= 0.3 is 12.1 Å². The number of alkyl carbamates (subject to hydrolysis) is 1. The van der Waals surface area contributed by atoms with Crippen molar-refractivity contribution in [3.63, 3.8) is 0 Å². The van der Waals surface area contributed by atoms with Gasteiger partial charge in [0, 0.05) is 18.4 Å². The molecule has 0 heterocycles. The summed E-state index contributed by atoms with van der Waals surface area (Å²) in [6, 6.07) is 28.2. The zero-order valence-corrected chi connectivity index (χ0v) is 20.5. The summed E-state index contributed by atoms with van der Waals surface area (Å²) >= 11 is 0. The fraction of sp³-hybridized carbons (Fsp3) is 0.161. The molecule has 0 radical (unpaired) electrons. The number of rotatable bonds is 9. The smallest absolute Gasteiger partial charge is 0.407 e. The molecule has 0 aliphatic heterocycles. The molecular formula is C31H26FNO5.